The van der Waals surface area contributed by atoms with Crippen LogP contribution >= 0.6 is 0 Å². The van der Waals surface area contributed by atoms with Gasteiger partial charge in [-0.05, 0) is 67.0 Å². The number of hydrogen-bond acceptors (Lipinski definition) is 1. The smallest absolute Gasteiger partial charge is 0.145 e. The van der Waals surface area contributed by atoms with Crippen LogP contribution in [0.25, 0.3) is 39.5 Å². The average Bonchev–Trinajstić information content (AvgIpc) is 3.47. The Hall–Kier alpha value is -3.91. The Labute approximate surface area is 220 Å². The van der Waals surface area contributed by atoms with E-state index in [1.807, 2.05) is 0 Å². The fourth-order valence-corrected chi connectivity index (χ4v) is 6.78. The molecule has 0 N–H and O–H groups in total. The summed E-state index contributed by atoms with van der Waals surface area (Å²) in [6.07, 6.45) is 4.39. The molecule has 2 nitrogen and oxygen atoms in total. The highest BCUT2D eigenvalue weighted by Crippen LogP contribution is 2.55. The molecule has 0 saturated heterocycles. The van der Waals surface area contributed by atoms with Crippen molar-refractivity contribution in [2.75, 3.05) is 0 Å². The molecular formula is C35H34N2. The lowest BCUT2D eigenvalue weighted by Crippen LogP contribution is -2.24. The van der Waals surface area contributed by atoms with Gasteiger partial charge in [-0.3, -0.25) is 4.57 Å². The van der Waals surface area contributed by atoms with Crippen LogP contribution in [-0.2, 0) is 5.41 Å². The average molecular weight is 483 g/mol. The Morgan fingerprint density at radius 3 is 2.03 bits per heavy atom. The monoisotopic (exact) mass is 482 g/mol. The van der Waals surface area contributed by atoms with E-state index in [0.717, 1.165) is 29.9 Å². The van der Waals surface area contributed by atoms with Crippen molar-refractivity contribution >= 4 is 0 Å². The predicted octanol–water partition coefficient (Wildman–Crippen LogP) is 9.22. The quantitative estimate of drug-likeness (QED) is 0.244. The van der Waals surface area contributed by atoms with Crippen molar-refractivity contribution in [3.63, 3.8) is 0 Å². The third kappa shape index (κ3) is 3.50. The van der Waals surface area contributed by atoms with Crippen molar-refractivity contribution < 1.29 is 0 Å². The van der Waals surface area contributed by atoms with Gasteiger partial charge in [-0.2, -0.15) is 0 Å². The molecule has 5 aromatic rings. The summed E-state index contributed by atoms with van der Waals surface area (Å²) in [6, 6.07) is 30.9. The van der Waals surface area contributed by atoms with Gasteiger partial charge in [0, 0.05) is 22.7 Å². The maximum atomic E-state index is 5.37. The van der Waals surface area contributed by atoms with Crippen LogP contribution in [0.3, 0.4) is 0 Å². The Bertz CT molecular complexity index is 1590. The summed E-state index contributed by atoms with van der Waals surface area (Å²) in [5.74, 6) is 0.984. The molecule has 1 aromatic heterocycles. The number of aryl methyl sites for hydroxylation is 3. The van der Waals surface area contributed by atoms with Crippen molar-refractivity contribution in [1.29, 1.82) is 0 Å². The molecule has 0 spiro atoms. The van der Waals surface area contributed by atoms with Gasteiger partial charge >= 0.3 is 0 Å². The summed E-state index contributed by atoms with van der Waals surface area (Å²) in [6.45, 7) is 11.2. The number of imidazole rings is 1. The molecule has 0 bridgehead atoms. The second-order valence-electron chi connectivity index (χ2n) is 10.5. The first kappa shape index (κ1) is 23.5. The van der Waals surface area contributed by atoms with Crippen LogP contribution in [0.1, 0.15) is 54.5 Å². The van der Waals surface area contributed by atoms with Gasteiger partial charge in [0.25, 0.3) is 0 Å². The van der Waals surface area contributed by atoms with E-state index in [-0.39, 0.29) is 5.41 Å². The van der Waals surface area contributed by atoms with Crippen molar-refractivity contribution in [2.45, 2.75) is 52.9 Å². The van der Waals surface area contributed by atoms with E-state index < -0.39 is 0 Å². The van der Waals surface area contributed by atoms with Crippen LogP contribution in [0.5, 0.6) is 0 Å². The maximum Gasteiger partial charge on any atom is 0.145 e. The van der Waals surface area contributed by atoms with E-state index in [1.54, 1.807) is 0 Å². The molecule has 0 atom stereocenters. The molecular weight excluding hydrogens is 448 g/mol. The molecule has 0 radical (unpaired) electrons. The van der Waals surface area contributed by atoms with Crippen molar-refractivity contribution in [3.8, 4) is 39.5 Å². The molecule has 6 rings (SSSR count). The van der Waals surface area contributed by atoms with E-state index in [0.29, 0.717) is 0 Å². The molecule has 37 heavy (non-hydrogen) atoms. The summed E-state index contributed by atoms with van der Waals surface area (Å²) >= 11 is 0. The Kier molecular flexibility index (Phi) is 5.64. The first-order valence-corrected chi connectivity index (χ1v) is 13.4. The standard InChI is InChI=1S/C35H34N2/c1-6-35(7-2)30-19-12-11-16-27(30)28-17-13-18-29(32(28)35)31-22-37(33-24(4)20-23(3)21-25(33)5)34(36-31)26-14-9-8-10-15-26/h8-22H,6-7H2,1-5H3. The molecule has 0 aliphatic heterocycles. The molecule has 0 saturated carbocycles. The van der Waals surface area contributed by atoms with Crippen LogP contribution in [0, 0.1) is 20.8 Å². The van der Waals surface area contributed by atoms with Crippen molar-refractivity contribution in [2.24, 2.45) is 0 Å². The molecule has 0 fully saturated rings. The van der Waals surface area contributed by atoms with Gasteiger partial charge in [0.2, 0.25) is 0 Å². The first-order valence-electron chi connectivity index (χ1n) is 13.4. The topological polar surface area (TPSA) is 17.8 Å². The van der Waals surface area contributed by atoms with Gasteiger partial charge in [-0.1, -0.05) is 104 Å². The third-order valence-corrected chi connectivity index (χ3v) is 8.37. The predicted molar refractivity (Wildman–Crippen MR) is 155 cm³/mol. The van der Waals surface area contributed by atoms with Gasteiger partial charge in [-0.15, -0.1) is 0 Å². The fourth-order valence-electron chi connectivity index (χ4n) is 6.78. The molecule has 0 amide bonds. The van der Waals surface area contributed by atoms with Gasteiger partial charge in [0.15, 0.2) is 0 Å². The zero-order chi connectivity index (χ0) is 25.7. The first-order chi connectivity index (χ1) is 18.0. The van der Waals surface area contributed by atoms with Gasteiger partial charge < -0.3 is 0 Å². The Balaban J connectivity index is 1.65. The van der Waals surface area contributed by atoms with Crippen molar-refractivity contribution in [3.05, 3.63) is 119 Å². The van der Waals surface area contributed by atoms with E-state index >= 15 is 0 Å². The number of aromatic nitrogens is 2. The highest BCUT2D eigenvalue weighted by molar-refractivity contribution is 5.88. The second kappa shape index (κ2) is 8.88. The minimum atomic E-state index is -0.00506. The zero-order valence-corrected chi connectivity index (χ0v) is 22.5. The van der Waals surface area contributed by atoms with Crippen LogP contribution < -0.4 is 0 Å². The molecule has 2 heteroatoms. The lowest BCUT2D eigenvalue weighted by Gasteiger charge is -2.31. The minimum absolute atomic E-state index is 0.00506. The number of rotatable bonds is 5. The number of benzene rings is 4. The highest BCUT2D eigenvalue weighted by atomic mass is 15.1. The SMILES string of the molecule is CCC1(CC)c2ccccc2-c2cccc(-c3cn(-c4c(C)cc(C)cc4C)c(-c4ccccc4)n3)c21. The number of hydrogen-bond donors (Lipinski definition) is 0. The lowest BCUT2D eigenvalue weighted by molar-refractivity contribution is 0.491. The maximum absolute atomic E-state index is 5.37. The molecule has 0 unspecified atom stereocenters. The van der Waals surface area contributed by atoms with E-state index in [2.05, 4.69) is 130 Å². The molecule has 4 aromatic carbocycles. The van der Waals surface area contributed by atoms with E-state index in [9.17, 15) is 0 Å². The Morgan fingerprint density at radius 2 is 1.32 bits per heavy atom. The number of nitrogens with zero attached hydrogens (tertiary/aromatic N) is 2. The zero-order valence-electron chi connectivity index (χ0n) is 22.5. The largest absolute Gasteiger partial charge is 0.299 e. The molecule has 184 valence electrons. The normalized spacial score (nSPS) is 13.4. The van der Waals surface area contributed by atoms with Crippen LogP contribution in [0.15, 0.2) is 91.1 Å². The highest BCUT2D eigenvalue weighted by Gasteiger charge is 2.42. The van der Waals surface area contributed by atoms with E-state index in [4.69, 9.17) is 4.98 Å². The summed E-state index contributed by atoms with van der Waals surface area (Å²) in [7, 11) is 0. The van der Waals surface area contributed by atoms with Gasteiger partial charge in [0.05, 0.1) is 11.4 Å². The number of fused-ring (bicyclic) bond motifs is 3. The summed E-state index contributed by atoms with van der Waals surface area (Å²) in [4.78, 5) is 5.37. The Morgan fingerprint density at radius 1 is 0.703 bits per heavy atom. The fraction of sp³-hybridized carbons (Fsp3) is 0.229. The molecule has 1 aliphatic carbocycles. The minimum Gasteiger partial charge on any atom is -0.299 e. The van der Waals surface area contributed by atoms with Crippen molar-refractivity contribution in [1.82, 2.24) is 9.55 Å². The molecule has 1 aliphatic rings. The van der Waals surface area contributed by atoms with Gasteiger partial charge in [0.1, 0.15) is 5.82 Å². The summed E-state index contributed by atoms with van der Waals surface area (Å²) < 4.78 is 2.32. The lowest BCUT2D eigenvalue weighted by atomic mass is 9.72. The third-order valence-electron chi connectivity index (χ3n) is 8.37. The van der Waals surface area contributed by atoms with Crippen LogP contribution in [-0.4, -0.2) is 9.55 Å². The van der Waals surface area contributed by atoms with Gasteiger partial charge in [-0.25, -0.2) is 4.98 Å². The second-order valence-corrected chi connectivity index (χ2v) is 10.5. The van der Waals surface area contributed by atoms with Crippen LogP contribution in [0.2, 0.25) is 0 Å². The summed E-state index contributed by atoms with van der Waals surface area (Å²) in [5, 5.41) is 0. The summed E-state index contributed by atoms with van der Waals surface area (Å²) in [5.41, 5.74) is 14.1. The molecule has 1 heterocycles. The van der Waals surface area contributed by atoms with Crippen LogP contribution in [0.4, 0.5) is 0 Å². The van der Waals surface area contributed by atoms with E-state index in [1.165, 1.54) is 50.2 Å².